The van der Waals surface area contributed by atoms with Crippen molar-refractivity contribution in [1.82, 2.24) is 5.16 Å². The molecule has 24 heavy (non-hydrogen) atoms. The van der Waals surface area contributed by atoms with Gasteiger partial charge in [0.2, 0.25) is 0 Å². The van der Waals surface area contributed by atoms with E-state index in [1.54, 1.807) is 7.11 Å². The van der Waals surface area contributed by atoms with Crippen molar-refractivity contribution < 1.29 is 14.4 Å². The van der Waals surface area contributed by atoms with Crippen LogP contribution >= 0.6 is 0 Å². The van der Waals surface area contributed by atoms with Crippen LogP contribution in [0.15, 0.2) is 40.9 Å². The molecule has 0 spiro atoms. The third-order valence-electron chi connectivity index (χ3n) is 4.21. The van der Waals surface area contributed by atoms with Gasteiger partial charge in [-0.3, -0.25) is 0 Å². The summed E-state index contributed by atoms with van der Waals surface area (Å²) >= 11 is 0. The first-order valence-electron chi connectivity index (χ1n) is 7.87. The number of hydrogen-bond donors (Lipinski definition) is 1. The van der Waals surface area contributed by atoms with Gasteiger partial charge >= 0.3 is 0 Å². The molecular weight excluding hydrogens is 302 g/mol. The fourth-order valence-electron chi connectivity index (χ4n) is 3.17. The van der Waals surface area contributed by atoms with Crippen LogP contribution in [0.1, 0.15) is 22.3 Å². The van der Waals surface area contributed by atoms with E-state index in [2.05, 4.69) is 24.2 Å². The Hall–Kier alpha value is -2.59. The first-order valence-corrected chi connectivity index (χ1v) is 7.87. The average Bonchev–Trinajstić information content (AvgIpc) is 2.97. The Bertz CT molecular complexity index is 840. The minimum absolute atomic E-state index is 0.132. The maximum absolute atomic E-state index is 9.92. The molecule has 0 radical (unpaired) electrons. The fourth-order valence-corrected chi connectivity index (χ4v) is 3.17. The second-order valence-electron chi connectivity index (χ2n) is 6.00. The van der Waals surface area contributed by atoms with E-state index in [1.807, 2.05) is 38.1 Å². The number of methoxy groups -OCH3 is 1. The Labute approximate surface area is 141 Å². The van der Waals surface area contributed by atoms with Crippen LogP contribution in [0, 0.1) is 20.8 Å². The van der Waals surface area contributed by atoms with E-state index < -0.39 is 0 Å². The van der Waals surface area contributed by atoms with E-state index in [1.165, 1.54) is 5.56 Å². The minimum Gasteiger partial charge on any atom is -0.497 e. The summed E-state index contributed by atoms with van der Waals surface area (Å²) in [5.74, 6) is 1.41. The van der Waals surface area contributed by atoms with E-state index in [-0.39, 0.29) is 6.61 Å². The van der Waals surface area contributed by atoms with Gasteiger partial charge in [0, 0.05) is 11.1 Å². The second-order valence-corrected chi connectivity index (χ2v) is 6.00. The molecule has 1 N–H and O–H groups in total. The number of rotatable bonds is 4. The highest BCUT2D eigenvalue weighted by atomic mass is 16.5. The molecule has 4 nitrogen and oxygen atoms in total. The predicted molar refractivity (Wildman–Crippen MR) is 94.1 cm³/mol. The van der Waals surface area contributed by atoms with Crippen molar-refractivity contribution in [2.45, 2.75) is 27.4 Å². The highest BCUT2D eigenvalue weighted by Crippen LogP contribution is 2.36. The fraction of sp³-hybridized carbons (Fsp3) is 0.250. The molecule has 0 aliphatic carbocycles. The number of ether oxygens (including phenoxy) is 1. The number of nitrogens with zero attached hydrogens (tertiary/aromatic N) is 1. The van der Waals surface area contributed by atoms with Gasteiger partial charge in [-0.15, -0.1) is 0 Å². The molecular formula is C20H21NO3. The van der Waals surface area contributed by atoms with Crippen LogP contribution in [0.5, 0.6) is 5.75 Å². The number of hydrogen-bond acceptors (Lipinski definition) is 4. The SMILES string of the molecule is COc1ccc(-c2noc(-c3c(C)cc(C)cc3C)c2CO)cc1. The van der Waals surface area contributed by atoms with Gasteiger partial charge in [0.25, 0.3) is 0 Å². The second kappa shape index (κ2) is 6.49. The summed E-state index contributed by atoms with van der Waals surface area (Å²) in [7, 11) is 1.63. The summed E-state index contributed by atoms with van der Waals surface area (Å²) in [5, 5.41) is 14.1. The quantitative estimate of drug-likeness (QED) is 0.771. The van der Waals surface area contributed by atoms with Crippen LogP contribution in [-0.2, 0) is 6.61 Å². The maximum atomic E-state index is 9.92. The molecule has 0 atom stereocenters. The Morgan fingerprint density at radius 2 is 1.67 bits per heavy atom. The monoisotopic (exact) mass is 323 g/mol. The summed E-state index contributed by atoms with van der Waals surface area (Å²) in [5.41, 5.74) is 6.67. The highest BCUT2D eigenvalue weighted by Gasteiger charge is 2.21. The predicted octanol–water partition coefficient (Wildman–Crippen LogP) is 4.43. The van der Waals surface area contributed by atoms with E-state index in [0.29, 0.717) is 17.0 Å². The van der Waals surface area contributed by atoms with Crippen molar-refractivity contribution in [1.29, 1.82) is 0 Å². The summed E-state index contributed by atoms with van der Waals surface area (Å²) in [6, 6.07) is 11.8. The van der Waals surface area contributed by atoms with Crippen molar-refractivity contribution in [2.24, 2.45) is 0 Å². The third kappa shape index (κ3) is 2.81. The molecule has 0 aliphatic heterocycles. The molecule has 0 saturated carbocycles. The summed E-state index contributed by atoms with van der Waals surface area (Å²) in [4.78, 5) is 0. The van der Waals surface area contributed by atoms with Crippen LogP contribution in [0.2, 0.25) is 0 Å². The van der Waals surface area contributed by atoms with E-state index in [0.717, 1.165) is 28.0 Å². The molecule has 2 aromatic carbocycles. The molecule has 124 valence electrons. The molecule has 1 aromatic heterocycles. The molecule has 0 saturated heterocycles. The number of aryl methyl sites for hydroxylation is 3. The summed E-state index contributed by atoms with van der Waals surface area (Å²) in [6.45, 7) is 6.03. The Morgan fingerprint density at radius 3 is 2.21 bits per heavy atom. The molecule has 1 heterocycles. The molecule has 4 heteroatoms. The number of aliphatic hydroxyl groups is 1. The van der Waals surface area contributed by atoms with Crippen molar-refractivity contribution in [2.75, 3.05) is 7.11 Å². The minimum atomic E-state index is -0.132. The Kier molecular flexibility index (Phi) is 4.40. The lowest BCUT2D eigenvalue weighted by atomic mass is 9.94. The topological polar surface area (TPSA) is 55.5 Å². The van der Waals surface area contributed by atoms with Crippen molar-refractivity contribution in [3.63, 3.8) is 0 Å². The molecule has 0 aliphatic rings. The largest absolute Gasteiger partial charge is 0.497 e. The van der Waals surface area contributed by atoms with Crippen molar-refractivity contribution >= 4 is 0 Å². The lowest BCUT2D eigenvalue weighted by molar-refractivity contribution is 0.281. The van der Waals surface area contributed by atoms with Gasteiger partial charge in [-0.2, -0.15) is 0 Å². The number of aliphatic hydroxyl groups excluding tert-OH is 1. The maximum Gasteiger partial charge on any atom is 0.173 e. The van der Waals surface area contributed by atoms with Gasteiger partial charge in [0.05, 0.1) is 19.3 Å². The van der Waals surface area contributed by atoms with Crippen molar-refractivity contribution in [3.05, 3.63) is 58.7 Å². The first kappa shape index (κ1) is 16.3. The van der Waals surface area contributed by atoms with Crippen molar-refractivity contribution in [3.8, 4) is 28.3 Å². The van der Waals surface area contributed by atoms with Crippen LogP contribution < -0.4 is 4.74 Å². The van der Waals surface area contributed by atoms with E-state index in [9.17, 15) is 5.11 Å². The smallest absolute Gasteiger partial charge is 0.173 e. The van der Waals surface area contributed by atoms with Gasteiger partial charge in [0.15, 0.2) is 5.76 Å². The molecule has 3 rings (SSSR count). The standard InChI is InChI=1S/C20H21NO3/c1-12-9-13(2)18(14(3)10-12)20-17(11-22)19(21-24-20)15-5-7-16(23-4)8-6-15/h5-10,22H,11H2,1-4H3. The summed E-state index contributed by atoms with van der Waals surface area (Å²) in [6.07, 6.45) is 0. The van der Waals surface area contributed by atoms with Crippen LogP contribution in [0.3, 0.4) is 0 Å². The zero-order chi connectivity index (χ0) is 17.3. The van der Waals surface area contributed by atoms with Gasteiger partial charge in [-0.05, 0) is 56.2 Å². The Morgan fingerprint density at radius 1 is 1.04 bits per heavy atom. The molecule has 0 fully saturated rings. The summed E-state index contributed by atoms with van der Waals surface area (Å²) < 4.78 is 10.8. The van der Waals surface area contributed by atoms with Crippen LogP contribution in [0.25, 0.3) is 22.6 Å². The first-order chi connectivity index (χ1) is 11.5. The molecule has 0 amide bonds. The third-order valence-corrected chi connectivity index (χ3v) is 4.21. The lowest BCUT2D eigenvalue weighted by Crippen LogP contribution is -1.94. The van der Waals surface area contributed by atoms with E-state index >= 15 is 0 Å². The molecule has 0 bridgehead atoms. The molecule has 0 unspecified atom stereocenters. The number of benzene rings is 2. The van der Waals surface area contributed by atoms with Gasteiger partial charge in [-0.1, -0.05) is 22.9 Å². The van der Waals surface area contributed by atoms with Crippen LogP contribution in [-0.4, -0.2) is 17.4 Å². The van der Waals surface area contributed by atoms with Gasteiger partial charge in [0.1, 0.15) is 11.4 Å². The zero-order valence-corrected chi connectivity index (χ0v) is 14.4. The van der Waals surface area contributed by atoms with Gasteiger partial charge < -0.3 is 14.4 Å². The van der Waals surface area contributed by atoms with Gasteiger partial charge in [-0.25, -0.2) is 0 Å². The highest BCUT2D eigenvalue weighted by molar-refractivity contribution is 5.76. The van der Waals surface area contributed by atoms with E-state index in [4.69, 9.17) is 9.26 Å². The average molecular weight is 323 g/mol. The van der Waals surface area contributed by atoms with Crippen LogP contribution in [0.4, 0.5) is 0 Å². The number of aromatic nitrogens is 1. The Balaban J connectivity index is 2.14. The zero-order valence-electron chi connectivity index (χ0n) is 14.4. The normalized spacial score (nSPS) is 10.9. The lowest BCUT2D eigenvalue weighted by Gasteiger charge is -2.10. The molecule has 3 aromatic rings.